The molecule has 0 amide bonds. The Kier molecular flexibility index (Phi) is 2.68. The van der Waals surface area contributed by atoms with Crippen LogP contribution in [0.15, 0.2) is 59.5 Å². The Balaban J connectivity index is 2.07. The molecule has 0 aliphatic rings. The van der Waals surface area contributed by atoms with Gasteiger partial charge in [0.25, 0.3) is 0 Å². The number of hydrogen-bond donors (Lipinski definition) is 1. The molecule has 3 aromatic heterocycles. The Hall–Kier alpha value is -2.40. The summed E-state index contributed by atoms with van der Waals surface area (Å²) < 4.78 is 2.84. The van der Waals surface area contributed by atoms with Crippen molar-refractivity contribution in [2.45, 2.75) is 0 Å². The second-order valence-corrected chi connectivity index (χ2v) is 5.75. The van der Waals surface area contributed by atoms with Gasteiger partial charge in [0, 0.05) is 34.0 Å². The molecule has 0 spiro atoms. The summed E-state index contributed by atoms with van der Waals surface area (Å²) in [4.78, 5) is 8.95. The molecule has 0 bridgehead atoms. The van der Waals surface area contributed by atoms with Crippen molar-refractivity contribution < 1.29 is 0 Å². The zero-order chi connectivity index (χ0) is 14.4. The monoisotopic (exact) mass is 338 g/mol. The van der Waals surface area contributed by atoms with Gasteiger partial charge in [-0.05, 0) is 33.4 Å². The quantitative estimate of drug-likeness (QED) is 0.572. The number of aromatic nitrogens is 3. The van der Waals surface area contributed by atoms with Gasteiger partial charge in [0.05, 0.1) is 0 Å². The lowest BCUT2D eigenvalue weighted by Crippen LogP contribution is -1.94. The summed E-state index contributed by atoms with van der Waals surface area (Å²) in [6, 6.07) is 12.0. The minimum atomic E-state index is 0.615. The molecule has 102 valence electrons. The van der Waals surface area contributed by atoms with E-state index in [1.54, 1.807) is 0 Å². The molecule has 0 radical (unpaired) electrons. The first kappa shape index (κ1) is 12.3. The van der Waals surface area contributed by atoms with Gasteiger partial charge in [0.15, 0.2) is 0 Å². The van der Waals surface area contributed by atoms with Crippen LogP contribution in [0.3, 0.4) is 0 Å². The van der Waals surface area contributed by atoms with E-state index in [4.69, 9.17) is 5.73 Å². The normalized spacial score (nSPS) is 11.3. The highest BCUT2D eigenvalue weighted by atomic mass is 79.9. The van der Waals surface area contributed by atoms with Crippen LogP contribution in [0.4, 0.5) is 5.82 Å². The van der Waals surface area contributed by atoms with E-state index in [1.165, 1.54) is 0 Å². The average molecular weight is 339 g/mol. The molecule has 4 aromatic rings. The van der Waals surface area contributed by atoms with E-state index < -0.39 is 0 Å². The van der Waals surface area contributed by atoms with Gasteiger partial charge in [-0.2, -0.15) is 0 Å². The summed E-state index contributed by atoms with van der Waals surface area (Å²) in [6.45, 7) is 0. The SMILES string of the molecule is Nc1c(-c2cncc3ccccc23)nc2ccc(Br)cn12. The lowest BCUT2D eigenvalue weighted by molar-refractivity contribution is 1.18. The Morgan fingerprint density at radius 1 is 1.05 bits per heavy atom. The van der Waals surface area contributed by atoms with Gasteiger partial charge in [-0.1, -0.05) is 24.3 Å². The van der Waals surface area contributed by atoms with Gasteiger partial charge in [-0.3, -0.25) is 9.38 Å². The first-order valence-corrected chi connectivity index (χ1v) is 7.29. The van der Waals surface area contributed by atoms with Crippen LogP contribution in [0.5, 0.6) is 0 Å². The molecule has 0 unspecified atom stereocenters. The molecule has 0 saturated heterocycles. The first-order chi connectivity index (χ1) is 10.2. The fourth-order valence-corrected chi connectivity index (χ4v) is 2.88. The van der Waals surface area contributed by atoms with E-state index in [9.17, 15) is 0 Å². The molecule has 2 N–H and O–H groups in total. The third kappa shape index (κ3) is 1.89. The standard InChI is InChI=1S/C16H11BrN4/c17-11-5-6-14-20-15(16(18)21(14)9-11)13-8-19-7-10-3-1-2-4-12(10)13/h1-9H,18H2. The van der Waals surface area contributed by atoms with Crippen LogP contribution in [0, 0.1) is 0 Å². The minimum absolute atomic E-state index is 0.615. The van der Waals surface area contributed by atoms with Crippen LogP contribution in [0.2, 0.25) is 0 Å². The zero-order valence-electron chi connectivity index (χ0n) is 11.0. The molecule has 4 nitrogen and oxygen atoms in total. The summed E-state index contributed by atoms with van der Waals surface area (Å²) in [5.74, 6) is 0.615. The molecule has 21 heavy (non-hydrogen) atoms. The summed E-state index contributed by atoms with van der Waals surface area (Å²) in [7, 11) is 0. The van der Waals surface area contributed by atoms with Gasteiger partial charge >= 0.3 is 0 Å². The van der Waals surface area contributed by atoms with Crippen molar-refractivity contribution in [2.24, 2.45) is 0 Å². The van der Waals surface area contributed by atoms with Crippen molar-refractivity contribution >= 4 is 38.2 Å². The topological polar surface area (TPSA) is 56.2 Å². The maximum Gasteiger partial charge on any atom is 0.139 e. The van der Waals surface area contributed by atoms with E-state index in [2.05, 4.69) is 32.0 Å². The second-order valence-electron chi connectivity index (χ2n) is 4.83. The van der Waals surface area contributed by atoms with E-state index >= 15 is 0 Å². The molecule has 0 fully saturated rings. The van der Waals surface area contributed by atoms with Crippen LogP contribution in [-0.4, -0.2) is 14.4 Å². The average Bonchev–Trinajstić information content (AvgIpc) is 2.83. The highest BCUT2D eigenvalue weighted by molar-refractivity contribution is 9.10. The van der Waals surface area contributed by atoms with Crippen LogP contribution in [0.25, 0.3) is 27.7 Å². The van der Waals surface area contributed by atoms with E-state index in [0.717, 1.165) is 32.1 Å². The molecule has 1 aromatic carbocycles. The third-order valence-electron chi connectivity index (χ3n) is 3.54. The molecule has 4 rings (SSSR count). The predicted octanol–water partition coefficient (Wildman–Crippen LogP) is 3.89. The van der Waals surface area contributed by atoms with Gasteiger partial charge in [-0.25, -0.2) is 4.98 Å². The lowest BCUT2D eigenvalue weighted by Gasteiger charge is -2.04. The number of anilines is 1. The molecule has 0 saturated carbocycles. The number of hydrogen-bond acceptors (Lipinski definition) is 3. The van der Waals surface area contributed by atoms with Crippen molar-refractivity contribution in [2.75, 3.05) is 5.73 Å². The largest absolute Gasteiger partial charge is 0.383 e. The molecule has 0 aliphatic carbocycles. The lowest BCUT2D eigenvalue weighted by atomic mass is 10.1. The Morgan fingerprint density at radius 2 is 1.90 bits per heavy atom. The second kappa shape index (κ2) is 4.56. The molecule has 5 heteroatoms. The van der Waals surface area contributed by atoms with Crippen LogP contribution < -0.4 is 5.73 Å². The molecular weight excluding hydrogens is 328 g/mol. The minimum Gasteiger partial charge on any atom is -0.383 e. The first-order valence-electron chi connectivity index (χ1n) is 6.50. The van der Waals surface area contributed by atoms with Crippen molar-refractivity contribution in [3.05, 3.63) is 59.5 Å². The number of pyridine rings is 2. The maximum atomic E-state index is 6.28. The summed E-state index contributed by atoms with van der Waals surface area (Å²) >= 11 is 3.46. The third-order valence-corrected chi connectivity index (χ3v) is 4.01. The number of fused-ring (bicyclic) bond motifs is 2. The number of nitrogens with two attached hydrogens (primary N) is 1. The van der Waals surface area contributed by atoms with E-state index in [0.29, 0.717) is 5.82 Å². The Bertz CT molecular complexity index is 969. The molecule has 0 aliphatic heterocycles. The zero-order valence-corrected chi connectivity index (χ0v) is 12.6. The van der Waals surface area contributed by atoms with Crippen LogP contribution >= 0.6 is 15.9 Å². The summed E-state index contributed by atoms with van der Waals surface area (Å²) in [5.41, 5.74) is 8.81. The number of imidazole rings is 1. The fourth-order valence-electron chi connectivity index (χ4n) is 2.54. The van der Waals surface area contributed by atoms with Gasteiger partial charge < -0.3 is 5.73 Å². The summed E-state index contributed by atoms with van der Waals surface area (Å²) in [6.07, 6.45) is 5.58. The van der Waals surface area contributed by atoms with Gasteiger partial charge in [-0.15, -0.1) is 0 Å². The maximum absolute atomic E-state index is 6.28. The Morgan fingerprint density at radius 3 is 2.81 bits per heavy atom. The number of halogens is 1. The molecule has 0 atom stereocenters. The van der Waals surface area contributed by atoms with Crippen molar-refractivity contribution in [1.82, 2.24) is 14.4 Å². The Labute approximate surface area is 129 Å². The number of nitrogens with zero attached hydrogens (tertiary/aromatic N) is 3. The van der Waals surface area contributed by atoms with E-state index in [-0.39, 0.29) is 0 Å². The highest BCUT2D eigenvalue weighted by Gasteiger charge is 2.14. The highest BCUT2D eigenvalue weighted by Crippen LogP contribution is 2.32. The van der Waals surface area contributed by atoms with Crippen molar-refractivity contribution in [3.8, 4) is 11.3 Å². The molecule has 3 heterocycles. The number of benzene rings is 1. The van der Waals surface area contributed by atoms with Crippen molar-refractivity contribution in [1.29, 1.82) is 0 Å². The predicted molar refractivity (Wildman–Crippen MR) is 88.0 cm³/mol. The molecular formula is C16H11BrN4. The van der Waals surface area contributed by atoms with Gasteiger partial charge in [0.1, 0.15) is 17.2 Å². The summed E-state index contributed by atoms with van der Waals surface area (Å²) in [5, 5.41) is 2.18. The van der Waals surface area contributed by atoms with Crippen LogP contribution in [-0.2, 0) is 0 Å². The smallest absolute Gasteiger partial charge is 0.139 e. The van der Waals surface area contributed by atoms with Gasteiger partial charge in [0.2, 0.25) is 0 Å². The van der Waals surface area contributed by atoms with E-state index in [1.807, 2.05) is 53.3 Å². The fraction of sp³-hybridized carbons (Fsp3) is 0. The number of nitrogen functional groups attached to an aromatic ring is 1. The van der Waals surface area contributed by atoms with Crippen LogP contribution in [0.1, 0.15) is 0 Å². The number of rotatable bonds is 1. The van der Waals surface area contributed by atoms with Crippen molar-refractivity contribution in [3.63, 3.8) is 0 Å².